The van der Waals surface area contributed by atoms with Crippen molar-refractivity contribution < 1.29 is 0 Å². The first-order chi connectivity index (χ1) is 12.6. The van der Waals surface area contributed by atoms with E-state index < -0.39 is 0 Å². The van der Waals surface area contributed by atoms with Crippen LogP contribution in [0, 0.1) is 0 Å². The van der Waals surface area contributed by atoms with Crippen LogP contribution >= 0.6 is 0 Å². The van der Waals surface area contributed by atoms with Crippen LogP contribution < -0.4 is 10.2 Å². The minimum Gasteiger partial charge on any atom is -0.369 e. The average Bonchev–Trinajstić information content (AvgIpc) is 3.46. The van der Waals surface area contributed by atoms with Gasteiger partial charge in [-0.15, -0.1) is 0 Å². The van der Waals surface area contributed by atoms with Crippen molar-refractivity contribution in [3.05, 3.63) is 47.3 Å². The summed E-state index contributed by atoms with van der Waals surface area (Å²) in [5.41, 5.74) is 2.89. The zero-order chi connectivity index (χ0) is 18.1. The maximum Gasteiger partial charge on any atom is 0.136 e. The molecule has 1 aromatic heterocycles. The summed E-state index contributed by atoms with van der Waals surface area (Å²) in [6, 6.07) is 11.4. The van der Waals surface area contributed by atoms with E-state index in [9.17, 15) is 0 Å². The van der Waals surface area contributed by atoms with Crippen LogP contribution in [0.4, 0.5) is 11.6 Å². The lowest BCUT2D eigenvalue weighted by molar-refractivity contribution is 0.425. The number of likely N-dealkylation sites (N-methyl/N-ethyl adjacent to an activating group) is 1. The van der Waals surface area contributed by atoms with Gasteiger partial charge in [0.1, 0.15) is 17.5 Å². The summed E-state index contributed by atoms with van der Waals surface area (Å²) in [6.45, 7) is 5.11. The van der Waals surface area contributed by atoms with E-state index in [1.54, 1.807) is 0 Å². The van der Waals surface area contributed by atoms with Gasteiger partial charge in [0, 0.05) is 37.7 Å². The highest BCUT2D eigenvalue weighted by Gasteiger charge is 2.30. The van der Waals surface area contributed by atoms with Crippen LogP contribution in [0.15, 0.2) is 30.3 Å². The molecule has 2 heterocycles. The number of hydrogen-bond acceptors (Lipinski definition) is 5. The van der Waals surface area contributed by atoms with Crippen molar-refractivity contribution in [3.63, 3.8) is 0 Å². The Labute approximate surface area is 156 Å². The average molecular weight is 351 g/mol. The van der Waals surface area contributed by atoms with Crippen molar-refractivity contribution in [3.8, 4) is 0 Å². The first kappa shape index (κ1) is 17.3. The second kappa shape index (κ2) is 7.23. The molecule has 1 saturated carbocycles. The molecule has 1 fully saturated rings. The van der Waals surface area contributed by atoms with E-state index in [1.165, 1.54) is 24.0 Å². The number of hydrogen-bond donors (Lipinski definition) is 1. The van der Waals surface area contributed by atoms with Gasteiger partial charge in [-0.1, -0.05) is 24.3 Å². The monoisotopic (exact) mass is 351 g/mol. The third kappa shape index (κ3) is 3.83. The normalized spacial score (nSPS) is 19.5. The molecule has 4 rings (SSSR count). The predicted molar refractivity (Wildman–Crippen MR) is 107 cm³/mol. The fraction of sp³-hybridized carbons (Fsp3) is 0.524. The van der Waals surface area contributed by atoms with Gasteiger partial charge < -0.3 is 15.1 Å². The second-order valence-electron chi connectivity index (χ2n) is 7.92. The number of rotatable bonds is 6. The number of nitrogens with zero attached hydrogens (tertiary/aromatic N) is 4. The smallest absolute Gasteiger partial charge is 0.136 e. The summed E-state index contributed by atoms with van der Waals surface area (Å²) in [6.07, 6.45) is 3.51. The maximum atomic E-state index is 4.95. The first-order valence-corrected chi connectivity index (χ1v) is 9.71. The van der Waals surface area contributed by atoms with Crippen molar-refractivity contribution in [1.82, 2.24) is 14.9 Å². The number of anilines is 2. The highest BCUT2D eigenvalue weighted by Crippen LogP contribution is 2.39. The molecule has 0 spiro atoms. The number of nitrogens with one attached hydrogen (secondary N) is 1. The summed E-state index contributed by atoms with van der Waals surface area (Å²) in [5, 5.41) is 3.49. The molecule has 5 heteroatoms. The van der Waals surface area contributed by atoms with E-state index in [2.05, 4.69) is 66.5 Å². The lowest BCUT2D eigenvalue weighted by atomic mass is 9.95. The molecule has 1 aromatic carbocycles. The first-order valence-electron chi connectivity index (χ1n) is 9.71. The molecule has 26 heavy (non-hydrogen) atoms. The van der Waals surface area contributed by atoms with Crippen LogP contribution in [0.3, 0.4) is 0 Å². The number of aromatic nitrogens is 2. The molecular formula is C21H29N5. The third-order valence-corrected chi connectivity index (χ3v) is 5.34. The summed E-state index contributed by atoms with van der Waals surface area (Å²) in [4.78, 5) is 14.4. The molecule has 0 bridgehead atoms. The predicted octanol–water partition coefficient (Wildman–Crippen LogP) is 3.28. The Morgan fingerprint density at radius 1 is 1.15 bits per heavy atom. The molecule has 0 saturated heterocycles. The number of benzene rings is 1. The zero-order valence-corrected chi connectivity index (χ0v) is 16.1. The van der Waals surface area contributed by atoms with E-state index in [0.717, 1.165) is 43.5 Å². The van der Waals surface area contributed by atoms with Gasteiger partial charge in [-0.05, 0) is 51.4 Å². The highest BCUT2D eigenvalue weighted by molar-refractivity contribution is 5.53. The largest absolute Gasteiger partial charge is 0.369 e. The Morgan fingerprint density at radius 2 is 1.92 bits per heavy atom. The van der Waals surface area contributed by atoms with Gasteiger partial charge in [-0.25, -0.2) is 9.97 Å². The molecule has 1 aliphatic carbocycles. The molecule has 0 unspecified atom stereocenters. The summed E-state index contributed by atoms with van der Waals surface area (Å²) in [7, 11) is 4.19. The van der Waals surface area contributed by atoms with E-state index in [1.807, 2.05) is 0 Å². The lowest BCUT2D eigenvalue weighted by Crippen LogP contribution is -2.39. The Kier molecular flexibility index (Phi) is 4.81. The molecule has 1 N–H and O–H groups in total. The Bertz CT molecular complexity index is 769. The molecule has 5 nitrogen and oxygen atoms in total. The second-order valence-corrected chi connectivity index (χ2v) is 7.92. The van der Waals surface area contributed by atoms with Crippen molar-refractivity contribution >= 4 is 11.6 Å². The van der Waals surface area contributed by atoms with Gasteiger partial charge in [0.15, 0.2) is 0 Å². The van der Waals surface area contributed by atoms with E-state index >= 15 is 0 Å². The van der Waals surface area contributed by atoms with Crippen molar-refractivity contribution in [1.29, 1.82) is 0 Å². The van der Waals surface area contributed by atoms with Crippen LogP contribution in [-0.2, 0) is 13.0 Å². The van der Waals surface area contributed by atoms with Crippen LogP contribution in [-0.4, -0.2) is 48.1 Å². The van der Waals surface area contributed by atoms with Crippen molar-refractivity contribution in [2.75, 3.05) is 37.4 Å². The Balaban J connectivity index is 1.59. The highest BCUT2D eigenvalue weighted by atomic mass is 15.2. The van der Waals surface area contributed by atoms with Crippen LogP contribution in [0.25, 0.3) is 0 Å². The molecule has 1 atom stereocenters. The lowest BCUT2D eigenvalue weighted by Gasteiger charge is -2.36. The summed E-state index contributed by atoms with van der Waals surface area (Å²) in [5.74, 6) is 3.60. The quantitative estimate of drug-likeness (QED) is 0.865. The summed E-state index contributed by atoms with van der Waals surface area (Å²) < 4.78 is 0. The van der Waals surface area contributed by atoms with Crippen LogP contribution in [0.2, 0.25) is 0 Å². The van der Waals surface area contributed by atoms with E-state index in [4.69, 9.17) is 9.97 Å². The molecule has 138 valence electrons. The van der Waals surface area contributed by atoms with Gasteiger partial charge >= 0.3 is 0 Å². The zero-order valence-electron chi connectivity index (χ0n) is 16.1. The Hall–Kier alpha value is -2.14. The topological polar surface area (TPSA) is 44.3 Å². The molecule has 2 aliphatic rings. The van der Waals surface area contributed by atoms with Crippen molar-refractivity contribution in [2.45, 2.75) is 44.7 Å². The van der Waals surface area contributed by atoms with Gasteiger partial charge in [0.05, 0.1) is 0 Å². The minimum atomic E-state index is 0.446. The third-order valence-electron chi connectivity index (χ3n) is 5.34. The van der Waals surface area contributed by atoms with Crippen LogP contribution in [0.5, 0.6) is 0 Å². The van der Waals surface area contributed by atoms with Crippen molar-refractivity contribution in [2.24, 2.45) is 0 Å². The molecule has 2 aromatic rings. The molecule has 0 amide bonds. The Morgan fingerprint density at radius 3 is 2.65 bits per heavy atom. The minimum absolute atomic E-state index is 0.446. The molecular weight excluding hydrogens is 322 g/mol. The van der Waals surface area contributed by atoms with Crippen LogP contribution in [0.1, 0.15) is 42.6 Å². The fourth-order valence-corrected chi connectivity index (χ4v) is 3.61. The van der Waals surface area contributed by atoms with Gasteiger partial charge in [-0.2, -0.15) is 0 Å². The summed E-state index contributed by atoms with van der Waals surface area (Å²) >= 11 is 0. The standard InChI is InChI=1S/C21H29N5/c1-15-12-17-6-4-5-7-18(17)14-26(15)20-13-19(22-10-11-25(2)3)23-21(24-20)16-8-9-16/h4-7,13,15-16H,8-12,14H2,1-3H3,(H,22,23,24)/t15-/m1/s1. The SMILES string of the molecule is C[C@@H]1Cc2ccccc2CN1c1cc(NCCN(C)C)nc(C2CC2)n1. The van der Waals surface area contributed by atoms with Gasteiger partial charge in [0.2, 0.25) is 0 Å². The van der Waals surface area contributed by atoms with Gasteiger partial charge in [-0.3, -0.25) is 0 Å². The fourth-order valence-electron chi connectivity index (χ4n) is 3.61. The van der Waals surface area contributed by atoms with E-state index in [0.29, 0.717) is 12.0 Å². The molecule has 0 radical (unpaired) electrons. The maximum absolute atomic E-state index is 4.95. The molecule has 1 aliphatic heterocycles. The van der Waals surface area contributed by atoms with Gasteiger partial charge in [0.25, 0.3) is 0 Å². The number of fused-ring (bicyclic) bond motifs is 1. The van der Waals surface area contributed by atoms with E-state index in [-0.39, 0.29) is 0 Å².